The van der Waals surface area contributed by atoms with Gasteiger partial charge in [0, 0.05) is 44.2 Å². The van der Waals surface area contributed by atoms with Gasteiger partial charge in [0.25, 0.3) is 5.56 Å². The van der Waals surface area contributed by atoms with Crippen LogP contribution in [-0.4, -0.2) is 48.9 Å². The molecule has 0 aliphatic carbocycles. The first-order valence-electron chi connectivity index (χ1n) is 12.4. The van der Waals surface area contributed by atoms with Crippen molar-refractivity contribution in [2.45, 2.75) is 31.7 Å². The van der Waals surface area contributed by atoms with E-state index in [-0.39, 0.29) is 17.0 Å². The number of ether oxygens (including phenoxy) is 1. The van der Waals surface area contributed by atoms with Crippen LogP contribution in [0.3, 0.4) is 0 Å². The third-order valence-corrected chi connectivity index (χ3v) is 7.76. The summed E-state index contributed by atoms with van der Waals surface area (Å²) in [6.07, 6.45) is 1.69. The number of likely N-dealkylation sites (N-methyl/N-ethyl adjacent to an activating group) is 1. The number of oxazole rings is 1. The van der Waals surface area contributed by atoms with E-state index in [4.69, 9.17) is 14.1 Å². The molecule has 0 unspecified atom stereocenters. The zero-order chi connectivity index (χ0) is 25.0. The van der Waals surface area contributed by atoms with Gasteiger partial charge in [0.1, 0.15) is 17.1 Å². The lowest BCUT2D eigenvalue weighted by atomic mass is 9.95. The predicted octanol–water partition coefficient (Wildman–Crippen LogP) is 4.08. The molecule has 0 bridgehead atoms. The molecule has 2 fully saturated rings. The highest BCUT2D eigenvalue weighted by Gasteiger charge is 2.29. The molecule has 8 nitrogen and oxygen atoms in total. The smallest absolute Gasteiger partial charge is 0.270 e. The van der Waals surface area contributed by atoms with Crippen LogP contribution in [-0.2, 0) is 11.8 Å². The van der Waals surface area contributed by atoms with E-state index in [0.29, 0.717) is 19.3 Å². The van der Waals surface area contributed by atoms with Crippen molar-refractivity contribution in [2.75, 3.05) is 43.2 Å². The molecule has 6 rings (SSSR count). The van der Waals surface area contributed by atoms with E-state index >= 15 is 0 Å². The highest BCUT2D eigenvalue weighted by molar-refractivity contribution is 5.96. The van der Waals surface area contributed by atoms with Gasteiger partial charge in [-0.3, -0.25) is 4.79 Å². The molecular weight excluding hydrogens is 454 g/mol. The van der Waals surface area contributed by atoms with Crippen LogP contribution in [0.2, 0.25) is 0 Å². The Morgan fingerprint density at radius 2 is 1.92 bits per heavy atom. The minimum absolute atomic E-state index is 0.203. The molecule has 0 atom stereocenters. The maximum atomic E-state index is 13.2. The molecule has 2 aromatic heterocycles. The van der Waals surface area contributed by atoms with Crippen molar-refractivity contribution in [1.29, 1.82) is 5.26 Å². The van der Waals surface area contributed by atoms with Crippen molar-refractivity contribution >= 4 is 33.4 Å². The molecule has 8 heteroatoms. The van der Waals surface area contributed by atoms with E-state index in [1.54, 1.807) is 11.6 Å². The number of hydrogen-bond donors (Lipinski definition) is 0. The first-order valence-corrected chi connectivity index (χ1v) is 12.4. The third-order valence-electron chi connectivity index (χ3n) is 7.76. The van der Waals surface area contributed by atoms with E-state index < -0.39 is 0 Å². The van der Waals surface area contributed by atoms with Gasteiger partial charge < -0.3 is 23.5 Å². The van der Waals surface area contributed by atoms with Gasteiger partial charge in [-0.25, -0.2) is 4.98 Å². The summed E-state index contributed by atoms with van der Waals surface area (Å²) < 4.78 is 13.0. The molecule has 2 aliphatic rings. The van der Waals surface area contributed by atoms with Crippen LogP contribution in [0.15, 0.2) is 45.6 Å². The second kappa shape index (κ2) is 8.68. The fourth-order valence-electron chi connectivity index (χ4n) is 5.40. The van der Waals surface area contributed by atoms with Crippen LogP contribution in [0.4, 0.5) is 11.4 Å². The molecule has 2 aliphatic heterocycles. The number of benzene rings is 2. The largest absolute Gasteiger partial charge is 0.440 e. The van der Waals surface area contributed by atoms with Gasteiger partial charge in [0.05, 0.1) is 30.5 Å². The van der Waals surface area contributed by atoms with E-state index in [1.165, 1.54) is 0 Å². The Labute approximate surface area is 209 Å². The minimum Gasteiger partial charge on any atom is -0.440 e. The highest BCUT2D eigenvalue weighted by Crippen LogP contribution is 2.37. The Bertz CT molecular complexity index is 1570. The van der Waals surface area contributed by atoms with Gasteiger partial charge in [0.2, 0.25) is 0 Å². The van der Waals surface area contributed by atoms with Gasteiger partial charge in [-0.2, -0.15) is 5.26 Å². The number of nitrogens with zero attached hydrogens (tertiary/aromatic N) is 5. The number of aromatic nitrogens is 2. The number of aryl methyl sites for hydroxylation is 2. The standard InChI is InChI=1S/C28H29N5O3/c1-17-4-7-25-23(12-17)30-27(36-25)18-8-10-33(11-9-18)26-21-6-5-19(31(2)20-15-35-16-20)13-24(21)32(3)28(34)22(26)14-29/h4-7,12-13,18,20H,8-11,15-16H2,1-3H3. The normalized spacial score (nSPS) is 16.9. The first kappa shape index (κ1) is 22.6. The Hall–Kier alpha value is -3.83. The summed E-state index contributed by atoms with van der Waals surface area (Å²) in [5, 5.41) is 10.9. The Morgan fingerprint density at radius 1 is 1.14 bits per heavy atom. The van der Waals surface area contributed by atoms with Crippen molar-refractivity contribution in [1.82, 2.24) is 9.55 Å². The number of pyridine rings is 1. The lowest BCUT2D eigenvalue weighted by Gasteiger charge is -2.36. The first-order chi connectivity index (χ1) is 17.4. The van der Waals surface area contributed by atoms with Crippen molar-refractivity contribution in [3.63, 3.8) is 0 Å². The van der Waals surface area contributed by atoms with Crippen molar-refractivity contribution in [2.24, 2.45) is 7.05 Å². The molecule has 2 saturated heterocycles. The summed E-state index contributed by atoms with van der Waals surface area (Å²) in [5.41, 5.74) is 5.42. The van der Waals surface area contributed by atoms with Crippen LogP contribution >= 0.6 is 0 Å². The van der Waals surface area contributed by atoms with Gasteiger partial charge in [-0.15, -0.1) is 0 Å². The predicted molar refractivity (Wildman–Crippen MR) is 140 cm³/mol. The molecule has 0 saturated carbocycles. The zero-order valence-corrected chi connectivity index (χ0v) is 20.8. The molecule has 4 heterocycles. The van der Waals surface area contributed by atoms with Crippen LogP contribution in [0.1, 0.15) is 35.8 Å². The van der Waals surface area contributed by atoms with Crippen LogP contribution in [0, 0.1) is 18.3 Å². The van der Waals surface area contributed by atoms with Gasteiger partial charge in [-0.05, 0) is 55.7 Å². The molecule has 184 valence electrons. The summed E-state index contributed by atoms with van der Waals surface area (Å²) >= 11 is 0. The fourth-order valence-corrected chi connectivity index (χ4v) is 5.40. The second-order valence-corrected chi connectivity index (χ2v) is 9.99. The number of hydrogen-bond acceptors (Lipinski definition) is 7. The molecule has 2 aromatic carbocycles. The van der Waals surface area contributed by atoms with Crippen molar-refractivity contribution in [3.05, 3.63) is 63.8 Å². The molecule has 0 amide bonds. The molecule has 0 radical (unpaired) electrons. The summed E-state index contributed by atoms with van der Waals surface area (Å²) in [6, 6.07) is 14.8. The van der Waals surface area contributed by atoms with Crippen molar-refractivity contribution in [3.8, 4) is 6.07 Å². The summed E-state index contributed by atoms with van der Waals surface area (Å²) in [4.78, 5) is 22.4. The lowest BCUT2D eigenvalue weighted by Crippen LogP contribution is -2.47. The fraction of sp³-hybridized carbons (Fsp3) is 0.393. The lowest BCUT2D eigenvalue weighted by molar-refractivity contribution is 0.0101. The number of rotatable bonds is 4. The Balaban J connectivity index is 1.33. The molecule has 0 spiro atoms. The topological polar surface area (TPSA) is 87.5 Å². The SMILES string of the molecule is Cc1ccc2oc(C3CCN(c4c(C#N)c(=O)n(C)c5cc(N(C)C6COC6)ccc45)CC3)nc2c1. The summed E-state index contributed by atoms with van der Waals surface area (Å²) in [5.74, 6) is 0.986. The average Bonchev–Trinajstić information content (AvgIpc) is 3.28. The van der Waals surface area contributed by atoms with Gasteiger partial charge in [0.15, 0.2) is 11.5 Å². The van der Waals surface area contributed by atoms with E-state index in [1.807, 2.05) is 30.3 Å². The second-order valence-electron chi connectivity index (χ2n) is 9.99. The Morgan fingerprint density at radius 3 is 2.61 bits per heavy atom. The van der Waals surface area contributed by atoms with Crippen molar-refractivity contribution < 1.29 is 9.15 Å². The van der Waals surface area contributed by atoms with E-state index in [2.05, 4.69) is 35.9 Å². The van der Waals surface area contributed by atoms with E-state index in [9.17, 15) is 10.1 Å². The summed E-state index contributed by atoms with van der Waals surface area (Å²) in [7, 11) is 3.79. The minimum atomic E-state index is -0.261. The maximum absolute atomic E-state index is 13.2. The van der Waals surface area contributed by atoms with Gasteiger partial charge >= 0.3 is 0 Å². The van der Waals surface area contributed by atoms with Gasteiger partial charge in [-0.1, -0.05) is 6.07 Å². The third kappa shape index (κ3) is 3.62. The average molecular weight is 484 g/mol. The van der Waals surface area contributed by atoms with Crippen LogP contribution < -0.4 is 15.4 Å². The number of anilines is 2. The maximum Gasteiger partial charge on any atom is 0.270 e. The van der Waals surface area contributed by atoms with Crippen LogP contribution in [0.25, 0.3) is 22.0 Å². The molecule has 0 N–H and O–H groups in total. The molecule has 4 aromatic rings. The highest BCUT2D eigenvalue weighted by atomic mass is 16.5. The molecular formula is C28H29N5O3. The quantitative estimate of drug-likeness (QED) is 0.432. The van der Waals surface area contributed by atoms with E-state index in [0.717, 1.165) is 70.8 Å². The monoisotopic (exact) mass is 483 g/mol. The zero-order valence-electron chi connectivity index (χ0n) is 20.8. The number of nitriles is 1. The summed E-state index contributed by atoms with van der Waals surface area (Å²) in [6.45, 7) is 4.92. The number of piperidine rings is 1. The molecule has 36 heavy (non-hydrogen) atoms. The Kier molecular flexibility index (Phi) is 5.45. The number of fused-ring (bicyclic) bond motifs is 2. The van der Waals surface area contributed by atoms with Crippen LogP contribution in [0.5, 0.6) is 0 Å².